The number of nitrogens with zero attached hydrogens (tertiary/aromatic N) is 1. The van der Waals surface area contributed by atoms with Crippen molar-refractivity contribution < 1.29 is 13.9 Å². The van der Waals surface area contributed by atoms with Gasteiger partial charge in [-0.15, -0.1) is 0 Å². The van der Waals surface area contributed by atoms with E-state index in [4.69, 9.17) is 0 Å². The normalized spacial score (nSPS) is 12.5. The molecule has 0 saturated heterocycles. The highest BCUT2D eigenvalue weighted by molar-refractivity contribution is 9.10. The maximum atomic E-state index is 13.8. The Balaban J connectivity index is 2.49. The molecule has 0 saturated carbocycles. The molecule has 0 bridgehead atoms. The Labute approximate surface area is 111 Å². The Kier molecular flexibility index (Phi) is 3.73. The molecule has 1 aromatic heterocycles. The van der Waals surface area contributed by atoms with Crippen LogP contribution in [0.25, 0.3) is 0 Å². The Morgan fingerprint density at radius 3 is 2.56 bits per heavy atom. The van der Waals surface area contributed by atoms with Gasteiger partial charge in [-0.25, -0.2) is 8.78 Å². The number of hydrogen-bond donors (Lipinski definition) is 1. The lowest BCUT2D eigenvalue weighted by Crippen LogP contribution is -2.08. The average Bonchev–Trinajstić information content (AvgIpc) is 2.35. The summed E-state index contributed by atoms with van der Waals surface area (Å²) >= 11 is 2.96. The number of aromatic nitrogens is 1. The van der Waals surface area contributed by atoms with Crippen LogP contribution in [0.15, 0.2) is 34.9 Å². The predicted molar refractivity (Wildman–Crippen MR) is 67.1 cm³/mol. The molecule has 94 valence electrons. The molecular formula is C13H10BrF2NO. The lowest BCUT2D eigenvalue weighted by Gasteiger charge is -2.13. The zero-order valence-electron chi connectivity index (χ0n) is 9.49. The second-order valence-electron chi connectivity index (χ2n) is 3.92. The van der Waals surface area contributed by atoms with Crippen LogP contribution in [-0.4, -0.2) is 10.1 Å². The molecule has 1 unspecified atom stereocenters. The Morgan fingerprint density at radius 2 is 1.94 bits per heavy atom. The summed E-state index contributed by atoms with van der Waals surface area (Å²) in [6.07, 6.45) is 0.106. The molecular weight excluding hydrogens is 304 g/mol. The highest BCUT2D eigenvalue weighted by Crippen LogP contribution is 2.29. The molecule has 0 fully saturated rings. The monoisotopic (exact) mass is 313 g/mol. The largest absolute Gasteiger partial charge is 0.382 e. The summed E-state index contributed by atoms with van der Waals surface area (Å²) in [5.74, 6) is -1.62. The number of benzene rings is 1. The minimum Gasteiger partial charge on any atom is -0.382 e. The van der Waals surface area contributed by atoms with Gasteiger partial charge >= 0.3 is 0 Å². The van der Waals surface area contributed by atoms with Gasteiger partial charge in [0, 0.05) is 6.20 Å². The highest BCUT2D eigenvalue weighted by Gasteiger charge is 2.22. The lowest BCUT2D eigenvalue weighted by atomic mass is 10.0. The standard InChI is InChI=1S/C13H10BrF2NO/c1-7-2-5-10(17-6-7)13(18)11-9(15)4-3-8(14)12(11)16/h2-6,13,18H,1H3. The van der Waals surface area contributed by atoms with E-state index in [1.165, 1.54) is 12.3 Å². The fourth-order valence-corrected chi connectivity index (χ4v) is 1.93. The van der Waals surface area contributed by atoms with Crippen molar-refractivity contribution in [2.24, 2.45) is 0 Å². The number of aryl methyl sites for hydroxylation is 1. The van der Waals surface area contributed by atoms with Crippen LogP contribution in [0.5, 0.6) is 0 Å². The first-order valence-corrected chi connectivity index (χ1v) is 6.04. The minimum absolute atomic E-state index is 0.102. The Hall–Kier alpha value is -1.33. The molecule has 2 aromatic rings. The molecule has 0 aliphatic heterocycles. The van der Waals surface area contributed by atoms with Crippen LogP contribution >= 0.6 is 15.9 Å². The Bertz CT molecular complexity index is 572. The summed E-state index contributed by atoms with van der Waals surface area (Å²) in [4.78, 5) is 3.97. The fraction of sp³-hybridized carbons (Fsp3) is 0.154. The van der Waals surface area contributed by atoms with E-state index in [0.717, 1.165) is 11.6 Å². The van der Waals surface area contributed by atoms with Gasteiger partial charge in [0.05, 0.1) is 15.7 Å². The molecule has 0 spiro atoms. The summed E-state index contributed by atoms with van der Waals surface area (Å²) < 4.78 is 27.5. The first kappa shape index (κ1) is 13.1. The van der Waals surface area contributed by atoms with Crippen LogP contribution < -0.4 is 0 Å². The first-order chi connectivity index (χ1) is 8.50. The molecule has 0 amide bonds. The number of aliphatic hydroxyl groups is 1. The molecule has 1 aromatic carbocycles. The van der Waals surface area contributed by atoms with Crippen LogP contribution in [0.3, 0.4) is 0 Å². The maximum absolute atomic E-state index is 13.8. The van der Waals surface area contributed by atoms with E-state index in [0.29, 0.717) is 0 Å². The number of hydrogen-bond acceptors (Lipinski definition) is 2. The van der Waals surface area contributed by atoms with Gasteiger partial charge in [-0.1, -0.05) is 6.07 Å². The van der Waals surface area contributed by atoms with Gasteiger partial charge in [-0.2, -0.15) is 0 Å². The second kappa shape index (κ2) is 5.12. The number of rotatable bonds is 2. The summed E-state index contributed by atoms with van der Waals surface area (Å²) in [5, 5.41) is 10.0. The molecule has 0 aliphatic carbocycles. The van der Waals surface area contributed by atoms with E-state index in [2.05, 4.69) is 20.9 Å². The van der Waals surface area contributed by atoms with Gasteiger partial charge in [0.2, 0.25) is 0 Å². The second-order valence-corrected chi connectivity index (χ2v) is 4.77. The van der Waals surface area contributed by atoms with Gasteiger partial charge < -0.3 is 5.11 Å². The van der Waals surface area contributed by atoms with Crippen LogP contribution in [0.2, 0.25) is 0 Å². The van der Waals surface area contributed by atoms with Crippen LogP contribution in [-0.2, 0) is 0 Å². The van der Waals surface area contributed by atoms with Crippen LogP contribution in [0.1, 0.15) is 22.9 Å². The van der Waals surface area contributed by atoms with Gasteiger partial charge in [-0.3, -0.25) is 4.98 Å². The smallest absolute Gasteiger partial charge is 0.146 e. The van der Waals surface area contributed by atoms with E-state index in [9.17, 15) is 13.9 Å². The third kappa shape index (κ3) is 2.42. The maximum Gasteiger partial charge on any atom is 0.146 e. The summed E-state index contributed by atoms with van der Waals surface area (Å²) in [6, 6.07) is 5.61. The molecule has 2 nitrogen and oxygen atoms in total. The van der Waals surface area contributed by atoms with Crippen LogP contribution in [0.4, 0.5) is 8.78 Å². The third-order valence-electron chi connectivity index (χ3n) is 2.57. The molecule has 5 heteroatoms. The Morgan fingerprint density at radius 1 is 1.22 bits per heavy atom. The quantitative estimate of drug-likeness (QED) is 0.861. The molecule has 18 heavy (non-hydrogen) atoms. The molecule has 2 rings (SSSR count). The van der Waals surface area contributed by atoms with Gasteiger partial charge in [-0.05, 0) is 46.6 Å². The van der Waals surface area contributed by atoms with Crippen molar-refractivity contribution in [3.63, 3.8) is 0 Å². The van der Waals surface area contributed by atoms with Crippen molar-refractivity contribution >= 4 is 15.9 Å². The van der Waals surface area contributed by atoms with E-state index < -0.39 is 23.3 Å². The van der Waals surface area contributed by atoms with E-state index in [-0.39, 0.29) is 10.2 Å². The molecule has 0 aliphatic rings. The number of aliphatic hydroxyl groups excluding tert-OH is 1. The SMILES string of the molecule is Cc1ccc(C(O)c2c(F)ccc(Br)c2F)nc1. The summed E-state index contributed by atoms with van der Waals surface area (Å²) in [5.41, 5.74) is 0.707. The summed E-state index contributed by atoms with van der Waals surface area (Å²) in [6.45, 7) is 1.84. The molecule has 1 N–H and O–H groups in total. The molecule has 1 atom stereocenters. The van der Waals surface area contributed by atoms with Gasteiger partial charge in [0.25, 0.3) is 0 Å². The van der Waals surface area contributed by atoms with Crippen molar-refractivity contribution in [1.29, 1.82) is 0 Å². The first-order valence-electron chi connectivity index (χ1n) is 5.24. The van der Waals surface area contributed by atoms with E-state index in [1.807, 2.05) is 6.92 Å². The van der Waals surface area contributed by atoms with Crippen molar-refractivity contribution in [3.8, 4) is 0 Å². The molecule has 1 heterocycles. The summed E-state index contributed by atoms with van der Waals surface area (Å²) in [7, 11) is 0. The number of pyridine rings is 1. The van der Waals surface area contributed by atoms with Gasteiger partial charge in [0.15, 0.2) is 0 Å². The van der Waals surface area contributed by atoms with Crippen molar-refractivity contribution in [1.82, 2.24) is 4.98 Å². The van der Waals surface area contributed by atoms with Gasteiger partial charge in [0.1, 0.15) is 17.7 Å². The van der Waals surface area contributed by atoms with E-state index in [1.54, 1.807) is 12.1 Å². The zero-order chi connectivity index (χ0) is 13.3. The average molecular weight is 314 g/mol. The van der Waals surface area contributed by atoms with E-state index >= 15 is 0 Å². The van der Waals surface area contributed by atoms with Crippen molar-refractivity contribution in [3.05, 3.63) is 63.4 Å². The van der Waals surface area contributed by atoms with Crippen molar-refractivity contribution in [2.45, 2.75) is 13.0 Å². The zero-order valence-corrected chi connectivity index (χ0v) is 11.1. The minimum atomic E-state index is -1.43. The topological polar surface area (TPSA) is 33.1 Å². The lowest BCUT2D eigenvalue weighted by molar-refractivity contribution is 0.204. The third-order valence-corrected chi connectivity index (χ3v) is 3.18. The number of halogens is 3. The van der Waals surface area contributed by atoms with Crippen molar-refractivity contribution in [2.75, 3.05) is 0 Å². The fourth-order valence-electron chi connectivity index (χ4n) is 1.58. The highest BCUT2D eigenvalue weighted by atomic mass is 79.9. The molecule has 0 radical (unpaired) electrons. The predicted octanol–water partition coefficient (Wildman–Crippen LogP) is 3.51. The van der Waals surface area contributed by atoms with Crippen LogP contribution in [0, 0.1) is 18.6 Å².